The van der Waals surface area contributed by atoms with Crippen LogP contribution in [0.3, 0.4) is 0 Å². The Bertz CT molecular complexity index is 605. The van der Waals surface area contributed by atoms with E-state index < -0.39 is 23.3 Å². The van der Waals surface area contributed by atoms with E-state index in [-0.39, 0.29) is 12.2 Å². The van der Waals surface area contributed by atoms with E-state index >= 15 is 0 Å². The second kappa shape index (κ2) is 5.36. The van der Waals surface area contributed by atoms with Crippen molar-refractivity contribution in [3.63, 3.8) is 0 Å². The van der Waals surface area contributed by atoms with Crippen molar-refractivity contribution in [3.8, 4) is 5.69 Å². The average molecular weight is 283 g/mol. The van der Waals surface area contributed by atoms with Gasteiger partial charge >= 0.3 is 6.18 Å². The molecule has 0 saturated carbocycles. The number of rotatable bonds is 3. The number of nitrogens with one attached hydrogen (secondary N) is 1. The molecule has 20 heavy (non-hydrogen) atoms. The lowest BCUT2D eigenvalue weighted by Gasteiger charge is -2.12. The topological polar surface area (TPSA) is 46.9 Å². The summed E-state index contributed by atoms with van der Waals surface area (Å²) in [6, 6.07) is 7.87. The first-order valence-corrected chi connectivity index (χ1v) is 5.94. The molecule has 0 spiro atoms. The third kappa shape index (κ3) is 2.66. The fraction of sp³-hybridized carbons (Fsp3) is 0.231. The van der Waals surface area contributed by atoms with Crippen LogP contribution in [0, 0.1) is 0 Å². The van der Waals surface area contributed by atoms with Crippen LogP contribution in [0.15, 0.2) is 36.5 Å². The van der Waals surface area contributed by atoms with Crippen LogP contribution in [0.5, 0.6) is 0 Å². The van der Waals surface area contributed by atoms with Crippen molar-refractivity contribution in [1.29, 1.82) is 0 Å². The minimum atomic E-state index is -4.67. The van der Waals surface area contributed by atoms with Gasteiger partial charge in [-0.1, -0.05) is 18.2 Å². The Labute approximate surface area is 113 Å². The smallest absolute Gasteiger partial charge is 0.352 e. The molecule has 0 fully saturated rings. The third-order valence-electron chi connectivity index (χ3n) is 2.62. The standard InChI is InChI=1S/C13H12F3N3O/c1-2-17-12(20)10-8-18-19(11(10)13(14,15)16)9-6-4-3-5-7-9/h3-8H,2H2,1H3,(H,17,20). The molecular weight excluding hydrogens is 271 g/mol. The molecular formula is C13H12F3N3O. The summed E-state index contributed by atoms with van der Waals surface area (Å²) in [6.07, 6.45) is -3.74. The van der Waals surface area contributed by atoms with Crippen LogP contribution < -0.4 is 5.32 Å². The van der Waals surface area contributed by atoms with Crippen LogP contribution in [0.1, 0.15) is 23.0 Å². The van der Waals surface area contributed by atoms with Gasteiger partial charge in [0.2, 0.25) is 0 Å². The zero-order chi connectivity index (χ0) is 14.8. The molecule has 7 heteroatoms. The molecule has 0 atom stereocenters. The number of para-hydroxylation sites is 1. The fourth-order valence-corrected chi connectivity index (χ4v) is 1.81. The maximum atomic E-state index is 13.2. The first-order chi connectivity index (χ1) is 9.45. The molecule has 1 amide bonds. The molecule has 0 bridgehead atoms. The SMILES string of the molecule is CCNC(=O)c1cnn(-c2ccccc2)c1C(F)(F)F. The van der Waals surface area contributed by atoms with Gasteiger partial charge in [-0.15, -0.1) is 0 Å². The van der Waals surface area contributed by atoms with Crippen molar-refractivity contribution in [2.45, 2.75) is 13.1 Å². The zero-order valence-corrected chi connectivity index (χ0v) is 10.6. The van der Waals surface area contributed by atoms with Crippen molar-refractivity contribution in [1.82, 2.24) is 15.1 Å². The van der Waals surface area contributed by atoms with E-state index in [1.807, 2.05) is 0 Å². The second-order valence-electron chi connectivity index (χ2n) is 4.01. The Hall–Kier alpha value is -2.31. The van der Waals surface area contributed by atoms with Gasteiger partial charge < -0.3 is 5.32 Å². The molecule has 1 N–H and O–H groups in total. The molecule has 1 heterocycles. The quantitative estimate of drug-likeness (QED) is 0.941. The van der Waals surface area contributed by atoms with Crippen molar-refractivity contribution in [3.05, 3.63) is 47.8 Å². The van der Waals surface area contributed by atoms with Gasteiger partial charge in [0.15, 0.2) is 5.69 Å². The first-order valence-electron chi connectivity index (χ1n) is 5.94. The molecule has 2 rings (SSSR count). The third-order valence-corrected chi connectivity index (χ3v) is 2.62. The maximum Gasteiger partial charge on any atom is 0.434 e. The summed E-state index contributed by atoms with van der Waals surface area (Å²) in [4.78, 5) is 11.7. The molecule has 4 nitrogen and oxygen atoms in total. The van der Waals surface area contributed by atoms with Gasteiger partial charge in [-0.3, -0.25) is 4.79 Å². The van der Waals surface area contributed by atoms with Crippen LogP contribution >= 0.6 is 0 Å². The van der Waals surface area contributed by atoms with Crippen LogP contribution in [-0.4, -0.2) is 22.2 Å². The van der Waals surface area contributed by atoms with Gasteiger partial charge in [0.05, 0.1) is 17.4 Å². The Kier molecular flexibility index (Phi) is 3.78. The predicted molar refractivity (Wildman–Crippen MR) is 66.6 cm³/mol. The monoisotopic (exact) mass is 283 g/mol. The summed E-state index contributed by atoms with van der Waals surface area (Å²) < 4.78 is 40.3. The van der Waals surface area contributed by atoms with Gasteiger partial charge in [0, 0.05) is 6.54 Å². The Morgan fingerprint density at radius 2 is 1.95 bits per heavy atom. The maximum absolute atomic E-state index is 13.2. The van der Waals surface area contributed by atoms with E-state index in [1.54, 1.807) is 25.1 Å². The van der Waals surface area contributed by atoms with Crippen LogP contribution in [-0.2, 0) is 6.18 Å². The van der Waals surface area contributed by atoms with Crippen molar-refractivity contribution in [2.24, 2.45) is 0 Å². The highest BCUT2D eigenvalue weighted by atomic mass is 19.4. The van der Waals surface area contributed by atoms with Gasteiger partial charge in [0.25, 0.3) is 5.91 Å². The fourth-order valence-electron chi connectivity index (χ4n) is 1.81. The first kappa shape index (κ1) is 14.1. The number of amides is 1. The normalized spacial score (nSPS) is 11.4. The summed E-state index contributed by atoms with van der Waals surface area (Å²) >= 11 is 0. The van der Waals surface area contributed by atoms with Gasteiger partial charge in [-0.25, -0.2) is 4.68 Å². The van der Waals surface area contributed by atoms with E-state index in [0.29, 0.717) is 0 Å². The van der Waals surface area contributed by atoms with E-state index in [4.69, 9.17) is 0 Å². The molecule has 0 unspecified atom stereocenters. The van der Waals surface area contributed by atoms with Gasteiger partial charge in [0.1, 0.15) is 0 Å². The number of carbonyl (C=O) groups is 1. The molecule has 1 aromatic carbocycles. The molecule has 0 aliphatic rings. The van der Waals surface area contributed by atoms with Crippen LogP contribution in [0.2, 0.25) is 0 Å². The Balaban J connectivity index is 2.57. The van der Waals surface area contributed by atoms with Crippen molar-refractivity contribution >= 4 is 5.91 Å². The van der Waals surface area contributed by atoms with Crippen molar-refractivity contribution < 1.29 is 18.0 Å². The van der Waals surface area contributed by atoms with Crippen molar-refractivity contribution in [2.75, 3.05) is 6.54 Å². The van der Waals surface area contributed by atoms with Gasteiger partial charge in [-0.2, -0.15) is 18.3 Å². The van der Waals surface area contributed by atoms with Crippen LogP contribution in [0.25, 0.3) is 5.69 Å². The lowest BCUT2D eigenvalue weighted by Crippen LogP contribution is -2.26. The largest absolute Gasteiger partial charge is 0.434 e. The molecule has 0 saturated heterocycles. The Morgan fingerprint density at radius 3 is 2.50 bits per heavy atom. The molecule has 0 aliphatic carbocycles. The summed E-state index contributed by atoms with van der Waals surface area (Å²) in [5.41, 5.74) is -1.31. The molecule has 0 radical (unpaired) electrons. The number of alkyl halides is 3. The molecule has 106 valence electrons. The number of benzene rings is 1. The number of nitrogens with zero attached hydrogens (tertiary/aromatic N) is 2. The molecule has 2 aromatic rings. The summed E-state index contributed by atoms with van der Waals surface area (Å²) in [6.45, 7) is 1.87. The number of aromatic nitrogens is 2. The number of hydrogen-bond donors (Lipinski definition) is 1. The second-order valence-corrected chi connectivity index (χ2v) is 4.01. The summed E-state index contributed by atoms with van der Waals surface area (Å²) in [7, 11) is 0. The van der Waals surface area contributed by atoms with E-state index in [0.717, 1.165) is 10.9 Å². The van der Waals surface area contributed by atoms with Gasteiger partial charge in [-0.05, 0) is 19.1 Å². The highest BCUT2D eigenvalue weighted by molar-refractivity contribution is 5.95. The van der Waals surface area contributed by atoms with E-state index in [1.165, 1.54) is 12.1 Å². The van der Waals surface area contributed by atoms with E-state index in [9.17, 15) is 18.0 Å². The lowest BCUT2D eigenvalue weighted by molar-refractivity contribution is -0.143. The molecule has 1 aromatic heterocycles. The number of halogens is 3. The highest BCUT2D eigenvalue weighted by Crippen LogP contribution is 2.33. The minimum Gasteiger partial charge on any atom is -0.352 e. The zero-order valence-electron chi connectivity index (χ0n) is 10.6. The average Bonchev–Trinajstić information content (AvgIpc) is 2.84. The lowest BCUT2D eigenvalue weighted by atomic mass is 10.2. The summed E-state index contributed by atoms with van der Waals surface area (Å²) in [5, 5.41) is 6.04. The number of carbonyl (C=O) groups excluding carboxylic acids is 1. The number of hydrogen-bond acceptors (Lipinski definition) is 2. The minimum absolute atomic E-state index is 0.243. The summed E-state index contributed by atoms with van der Waals surface area (Å²) in [5.74, 6) is -0.790. The van der Waals surface area contributed by atoms with Crippen LogP contribution in [0.4, 0.5) is 13.2 Å². The van der Waals surface area contributed by atoms with E-state index in [2.05, 4.69) is 10.4 Å². The predicted octanol–water partition coefficient (Wildman–Crippen LogP) is 2.64. The Morgan fingerprint density at radius 1 is 1.30 bits per heavy atom. The molecule has 0 aliphatic heterocycles. The highest BCUT2D eigenvalue weighted by Gasteiger charge is 2.40.